The van der Waals surface area contributed by atoms with E-state index < -0.39 is 27.4 Å². The summed E-state index contributed by atoms with van der Waals surface area (Å²) in [6.07, 6.45) is 1.47. The molecule has 11 heteroatoms. The summed E-state index contributed by atoms with van der Waals surface area (Å²) < 4.78 is 36.2. The Labute approximate surface area is 242 Å². The average molecular weight is 594 g/mol. The van der Waals surface area contributed by atoms with E-state index in [1.54, 1.807) is 42.2 Å². The van der Waals surface area contributed by atoms with Gasteiger partial charge >= 0.3 is 0 Å². The molecule has 1 fully saturated rings. The summed E-state index contributed by atoms with van der Waals surface area (Å²) >= 11 is 1.51. The molecular weight excluding hydrogens is 562 g/mol. The van der Waals surface area contributed by atoms with Gasteiger partial charge in [0.2, 0.25) is 21.5 Å². The Morgan fingerprint density at radius 2 is 1.88 bits per heavy atom. The second-order valence-corrected chi connectivity index (χ2v) is 13.0. The topological polar surface area (TPSA) is 126 Å². The summed E-state index contributed by atoms with van der Waals surface area (Å²) in [6, 6.07) is 16.6. The zero-order valence-electron chi connectivity index (χ0n) is 22.8. The lowest BCUT2D eigenvalue weighted by Gasteiger charge is -2.28. The summed E-state index contributed by atoms with van der Waals surface area (Å²) in [5.41, 5.74) is 0.0227. The molecule has 1 atom stereocenters. The molecule has 214 valence electrons. The standard InChI is InChI=1S/C30H31N3O6S2/c1-3-33(18-22-7-6-16-40-22)29(36)28(24-8-4-5-9-26(24)39-19-30(14-15-30)20(2)34)32-41(37,38)23-11-12-25-21(17-23)10-13-27(35)31-25/h4-13,16-17,28,32H,3,14-15,18-19H2,1-2H3,(H,31,35)/t28-/m1/s1. The Hall–Kier alpha value is -3.80. The Bertz CT molecular complexity index is 1740. The summed E-state index contributed by atoms with van der Waals surface area (Å²) in [4.78, 5) is 43.1. The number of hydrogen-bond donors (Lipinski definition) is 2. The molecule has 0 saturated heterocycles. The van der Waals surface area contributed by atoms with E-state index in [2.05, 4.69) is 9.71 Å². The van der Waals surface area contributed by atoms with Crippen molar-refractivity contribution in [3.63, 3.8) is 0 Å². The molecule has 9 nitrogen and oxygen atoms in total. The third-order valence-electron chi connectivity index (χ3n) is 7.48. The molecule has 2 aromatic heterocycles. The number of nitrogens with one attached hydrogen (secondary N) is 2. The van der Waals surface area contributed by atoms with E-state index in [1.165, 1.54) is 35.6 Å². The number of nitrogens with zero attached hydrogens (tertiary/aromatic N) is 1. The maximum Gasteiger partial charge on any atom is 0.248 e. The first-order chi connectivity index (χ1) is 19.6. The van der Waals surface area contributed by atoms with Crippen molar-refractivity contribution in [3.8, 4) is 5.75 Å². The SMILES string of the molecule is CCN(Cc1cccs1)C(=O)[C@H](NS(=O)(=O)c1ccc2[nH]c(=O)ccc2c1)c1ccccc1OCC1(C(C)=O)CC1. The molecule has 2 aromatic carbocycles. The number of pyridine rings is 1. The Morgan fingerprint density at radius 3 is 2.56 bits per heavy atom. The number of carbonyl (C=O) groups is 2. The summed E-state index contributed by atoms with van der Waals surface area (Å²) in [5.74, 6) is -0.0447. The third kappa shape index (κ3) is 6.27. The molecule has 0 radical (unpaired) electrons. The highest BCUT2D eigenvalue weighted by Crippen LogP contribution is 2.47. The highest BCUT2D eigenvalue weighted by Gasteiger charge is 2.48. The van der Waals surface area contributed by atoms with Gasteiger partial charge in [0.1, 0.15) is 24.2 Å². The number of aromatic nitrogens is 1. The van der Waals surface area contributed by atoms with Crippen molar-refractivity contribution in [2.45, 2.75) is 44.2 Å². The van der Waals surface area contributed by atoms with Gasteiger partial charge in [0.05, 0.1) is 16.9 Å². The molecule has 1 aliphatic rings. The van der Waals surface area contributed by atoms with Gasteiger partial charge in [-0.2, -0.15) is 4.72 Å². The molecule has 0 unspecified atom stereocenters. The van der Waals surface area contributed by atoms with Gasteiger partial charge in [-0.3, -0.25) is 14.4 Å². The van der Waals surface area contributed by atoms with Crippen molar-refractivity contribution in [1.82, 2.24) is 14.6 Å². The van der Waals surface area contributed by atoms with Gasteiger partial charge in [-0.25, -0.2) is 8.42 Å². The molecule has 5 rings (SSSR count). The van der Waals surface area contributed by atoms with Crippen LogP contribution in [-0.4, -0.2) is 43.1 Å². The number of Topliss-reactive ketones (excluding diaryl/α,β-unsaturated/α-hetero) is 1. The van der Waals surface area contributed by atoms with Crippen molar-refractivity contribution >= 4 is 44.0 Å². The highest BCUT2D eigenvalue weighted by atomic mass is 32.2. The number of benzene rings is 2. The minimum Gasteiger partial charge on any atom is -0.492 e. The van der Waals surface area contributed by atoms with Gasteiger partial charge in [0, 0.05) is 28.6 Å². The van der Waals surface area contributed by atoms with Gasteiger partial charge in [0.15, 0.2) is 0 Å². The van der Waals surface area contributed by atoms with E-state index in [0.717, 1.165) is 17.7 Å². The number of thiophene rings is 1. The Morgan fingerprint density at radius 1 is 1.10 bits per heavy atom. The third-order valence-corrected chi connectivity index (χ3v) is 9.76. The molecule has 0 aliphatic heterocycles. The first-order valence-electron chi connectivity index (χ1n) is 13.3. The van der Waals surface area contributed by atoms with E-state index in [1.807, 2.05) is 24.4 Å². The van der Waals surface area contributed by atoms with Crippen LogP contribution in [0.1, 0.15) is 43.2 Å². The Balaban J connectivity index is 1.52. The molecule has 0 spiro atoms. The molecule has 2 heterocycles. The van der Waals surface area contributed by atoms with Crippen LogP contribution in [0.25, 0.3) is 10.9 Å². The van der Waals surface area contributed by atoms with Crippen molar-refractivity contribution in [1.29, 1.82) is 0 Å². The normalized spacial score (nSPS) is 14.9. The van der Waals surface area contributed by atoms with Gasteiger partial charge in [-0.1, -0.05) is 24.3 Å². The van der Waals surface area contributed by atoms with Crippen molar-refractivity contribution in [2.24, 2.45) is 5.41 Å². The van der Waals surface area contributed by atoms with Gasteiger partial charge in [-0.15, -0.1) is 11.3 Å². The van der Waals surface area contributed by atoms with Crippen LogP contribution in [0.2, 0.25) is 0 Å². The molecule has 0 bridgehead atoms. The van der Waals surface area contributed by atoms with Crippen LogP contribution in [-0.2, 0) is 26.2 Å². The predicted molar refractivity (Wildman–Crippen MR) is 157 cm³/mol. The fraction of sp³-hybridized carbons (Fsp3) is 0.300. The van der Waals surface area contributed by atoms with Crippen molar-refractivity contribution in [3.05, 3.63) is 92.9 Å². The van der Waals surface area contributed by atoms with Crippen molar-refractivity contribution in [2.75, 3.05) is 13.2 Å². The zero-order chi connectivity index (χ0) is 29.2. The van der Waals surface area contributed by atoms with Crippen LogP contribution in [0.4, 0.5) is 0 Å². The van der Waals surface area contributed by atoms with Gasteiger partial charge in [-0.05, 0) is 73.9 Å². The maximum atomic E-state index is 14.1. The monoisotopic (exact) mass is 593 g/mol. The van der Waals surface area contributed by atoms with Crippen LogP contribution in [0.15, 0.2) is 81.8 Å². The van der Waals surface area contributed by atoms with Crippen LogP contribution in [0, 0.1) is 5.41 Å². The fourth-order valence-corrected chi connectivity index (χ4v) is 6.63. The minimum atomic E-state index is -4.22. The first-order valence-corrected chi connectivity index (χ1v) is 15.7. The quantitative estimate of drug-likeness (QED) is 0.251. The largest absolute Gasteiger partial charge is 0.492 e. The number of para-hydroxylation sites is 1. The lowest BCUT2D eigenvalue weighted by molar-refractivity contribution is -0.133. The predicted octanol–water partition coefficient (Wildman–Crippen LogP) is 4.41. The molecule has 1 aliphatic carbocycles. The number of ether oxygens (including phenoxy) is 1. The Kier molecular flexibility index (Phi) is 8.12. The summed E-state index contributed by atoms with van der Waals surface area (Å²) in [7, 11) is -4.22. The van der Waals surface area contributed by atoms with E-state index in [9.17, 15) is 22.8 Å². The van der Waals surface area contributed by atoms with Crippen LogP contribution < -0.4 is 15.0 Å². The number of sulfonamides is 1. The molecule has 41 heavy (non-hydrogen) atoms. The fourth-order valence-electron chi connectivity index (χ4n) is 4.70. The molecule has 1 amide bonds. The number of carbonyl (C=O) groups excluding carboxylic acids is 2. The molecule has 1 saturated carbocycles. The summed E-state index contributed by atoms with van der Waals surface area (Å²) in [5, 5.41) is 2.46. The first kappa shape index (κ1) is 28.7. The van der Waals surface area contributed by atoms with Crippen molar-refractivity contribution < 1.29 is 22.7 Å². The lowest BCUT2D eigenvalue weighted by Crippen LogP contribution is -2.42. The number of likely N-dealkylation sites (N-methyl/N-ethyl adjacent to an activating group) is 1. The number of fused-ring (bicyclic) bond motifs is 1. The number of ketones is 1. The maximum absolute atomic E-state index is 14.1. The van der Waals surface area contributed by atoms with E-state index in [-0.39, 0.29) is 22.8 Å². The highest BCUT2D eigenvalue weighted by molar-refractivity contribution is 7.89. The molecular formula is C30H31N3O6S2. The van der Waals surface area contributed by atoms with Crippen LogP contribution >= 0.6 is 11.3 Å². The van der Waals surface area contributed by atoms with E-state index in [0.29, 0.717) is 35.3 Å². The van der Waals surface area contributed by atoms with Crippen LogP contribution in [0.5, 0.6) is 5.75 Å². The second kappa shape index (κ2) is 11.6. The van der Waals surface area contributed by atoms with E-state index in [4.69, 9.17) is 4.74 Å². The number of H-pyrrole nitrogens is 1. The smallest absolute Gasteiger partial charge is 0.248 e. The second-order valence-electron chi connectivity index (χ2n) is 10.2. The lowest BCUT2D eigenvalue weighted by atomic mass is 10.0. The summed E-state index contributed by atoms with van der Waals surface area (Å²) in [6.45, 7) is 4.22. The molecule has 4 aromatic rings. The zero-order valence-corrected chi connectivity index (χ0v) is 24.4. The molecule has 2 N–H and O–H groups in total. The average Bonchev–Trinajstić information content (AvgIpc) is 3.59. The van der Waals surface area contributed by atoms with Gasteiger partial charge in [0.25, 0.3) is 0 Å². The number of aromatic amines is 1. The van der Waals surface area contributed by atoms with E-state index >= 15 is 0 Å². The number of hydrogen-bond acceptors (Lipinski definition) is 7. The van der Waals surface area contributed by atoms with Crippen LogP contribution in [0.3, 0.4) is 0 Å². The number of amides is 1. The minimum absolute atomic E-state index is 0.0501. The number of rotatable bonds is 12. The van der Waals surface area contributed by atoms with Gasteiger partial charge < -0.3 is 14.6 Å².